The summed E-state index contributed by atoms with van der Waals surface area (Å²) < 4.78 is 4.63. The van der Waals surface area contributed by atoms with Crippen LogP contribution in [0.2, 0.25) is 0 Å². The summed E-state index contributed by atoms with van der Waals surface area (Å²) in [6.07, 6.45) is 2.03. The van der Waals surface area contributed by atoms with Crippen molar-refractivity contribution in [1.82, 2.24) is 0 Å². The fourth-order valence-electron chi connectivity index (χ4n) is 0.937. The molecular weight excluding hydrogens is 190 g/mol. The molecule has 2 N–H and O–H groups in total. The SMILES string of the molecule is COC1=CC(C(=O)O)=CC(=NO)C1=O. The lowest BCUT2D eigenvalue weighted by Crippen LogP contribution is -2.21. The van der Waals surface area contributed by atoms with Gasteiger partial charge in [0.2, 0.25) is 5.78 Å². The maximum Gasteiger partial charge on any atom is 0.335 e. The number of hydrogen-bond acceptors (Lipinski definition) is 5. The molecule has 6 nitrogen and oxygen atoms in total. The van der Waals surface area contributed by atoms with Crippen molar-refractivity contribution in [1.29, 1.82) is 0 Å². The molecule has 0 spiro atoms. The van der Waals surface area contributed by atoms with E-state index in [9.17, 15) is 9.59 Å². The third-order valence-electron chi connectivity index (χ3n) is 1.61. The van der Waals surface area contributed by atoms with Gasteiger partial charge in [-0.3, -0.25) is 4.79 Å². The zero-order chi connectivity index (χ0) is 10.7. The number of nitrogens with zero attached hydrogens (tertiary/aromatic N) is 1. The van der Waals surface area contributed by atoms with Crippen LogP contribution in [0.15, 0.2) is 28.6 Å². The van der Waals surface area contributed by atoms with Gasteiger partial charge in [-0.05, 0) is 12.2 Å². The Bertz CT molecular complexity index is 377. The van der Waals surface area contributed by atoms with Crippen LogP contribution in [0, 0.1) is 0 Å². The number of carboxylic acid groups (broad SMARTS) is 1. The lowest BCUT2D eigenvalue weighted by atomic mass is 10.0. The second kappa shape index (κ2) is 3.73. The first-order chi connectivity index (χ1) is 6.60. The Labute approximate surface area is 78.8 Å². The average Bonchev–Trinajstić information content (AvgIpc) is 2.17. The largest absolute Gasteiger partial charge is 0.493 e. The normalized spacial score (nSPS) is 18.9. The predicted octanol–water partition coefficient (Wildman–Crippen LogP) is -0.0594. The Hall–Kier alpha value is -2.11. The minimum atomic E-state index is -1.23. The fourth-order valence-corrected chi connectivity index (χ4v) is 0.937. The van der Waals surface area contributed by atoms with Gasteiger partial charge in [0.1, 0.15) is 0 Å². The Balaban J connectivity index is 3.19. The Kier molecular flexibility index (Phi) is 2.66. The number of Topliss-reactive ketones (excluding diaryl/α,β-unsaturated/α-hetero) is 1. The van der Waals surface area contributed by atoms with Gasteiger partial charge in [-0.2, -0.15) is 0 Å². The molecule has 74 valence electrons. The number of carbonyl (C=O) groups excluding carboxylic acids is 1. The second-order valence-corrected chi connectivity index (χ2v) is 2.43. The number of ether oxygens (including phenoxy) is 1. The molecule has 0 amide bonds. The van der Waals surface area contributed by atoms with Gasteiger partial charge in [-0.1, -0.05) is 5.16 Å². The number of rotatable bonds is 2. The van der Waals surface area contributed by atoms with Gasteiger partial charge in [0, 0.05) is 0 Å². The summed E-state index contributed by atoms with van der Waals surface area (Å²) in [6.45, 7) is 0. The van der Waals surface area contributed by atoms with Crippen LogP contribution in [0.25, 0.3) is 0 Å². The molecule has 0 bridgehead atoms. The van der Waals surface area contributed by atoms with Crippen LogP contribution in [-0.2, 0) is 14.3 Å². The van der Waals surface area contributed by atoms with Crippen LogP contribution < -0.4 is 0 Å². The fraction of sp³-hybridized carbons (Fsp3) is 0.125. The van der Waals surface area contributed by atoms with Crippen molar-refractivity contribution in [3.8, 4) is 0 Å². The van der Waals surface area contributed by atoms with Crippen LogP contribution in [-0.4, -0.2) is 34.9 Å². The third-order valence-corrected chi connectivity index (χ3v) is 1.61. The molecule has 14 heavy (non-hydrogen) atoms. The number of carboxylic acids is 1. The van der Waals surface area contributed by atoms with Crippen LogP contribution in [0.4, 0.5) is 0 Å². The molecule has 1 aliphatic rings. The van der Waals surface area contributed by atoms with E-state index in [1.165, 1.54) is 7.11 Å². The summed E-state index contributed by atoms with van der Waals surface area (Å²) in [6, 6.07) is 0. The van der Waals surface area contributed by atoms with Gasteiger partial charge in [0.25, 0.3) is 0 Å². The number of ketones is 1. The molecule has 0 saturated carbocycles. The van der Waals surface area contributed by atoms with Gasteiger partial charge < -0.3 is 15.1 Å². The molecule has 1 aliphatic carbocycles. The van der Waals surface area contributed by atoms with E-state index in [0.717, 1.165) is 12.2 Å². The van der Waals surface area contributed by atoms with Crippen molar-refractivity contribution in [2.45, 2.75) is 0 Å². The van der Waals surface area contributed by atoms with E-state index in [1.54, 1.807) is 0 Å². The van der Waals surface area contributed by atoms with E-state index < -0.39 is 11.8 Å². The number of oxime groups is 1. The highest BCUT2D eigenvalue weighted by Crippen LogP contribution is 2.13. The molecule has 0 aliphatic heterocycles. The summed E-state index contributed by atoms with van der Waals surface area (Å²) >= 11 is 0. The van der Waals surface area contributed by atoms with Crippen molar-refractivity contribution in [2.75, 3.05) is 7.11 Å². The van der Waals surface area contributed by atoms with E-state index in [0.29, 0.717) is 0 Å². The van der Waals surface area contributed by atoms with Crippen molar-refractivity contribution in [2.24, 2.45) is 5.16 Å². The number of carbonyl (C=O) groups is 2. The smallest absolute Gasteiger partial charge is 0.335 e. The first-order valence-corrected chi connectivity index (χ1v) is 3.57. The predicted molar refractivity (Wildman–Crippen MR) is 45.0 cm³/mol. The Morgan fingerprint density at radius 2 is 2.14 bits per heavy atom. The van der Waals surface area contributed by atoms with E-state index in [1.807, 2.05) is 0 Å². The first kappa shape index (κ1) is 9.97. The topological polar surface area (TPSA) is 96.2 Å². The monoisotopic (exact) mass is 197 g/mol. The summed E-state index contributed by atoms with van der Waals surface area (Å²) in [5, 5.41) is 19.7. The number of aliphatic carboxylic acids is 1. The summed E-state index contributed by atoms with van der Waals surface area (Å²) in [5.74, 6) is -2.05. The molecule has 0 aromatic rings. The first-order valence-electron chi connectivity index (χ1n) is 3.57. The van der Waals surface area contributed by atoms with Gasteiger partial charge >= 0.3 is 5.97 Å². The van der Waals surface area contributed by atoms with E-state index in [-0.39, 0.29) is 17.0 Å². The zero-order valence-electron chi connectivity index (χ0n) is 7.22. The molecule has 0 fully saturated rings. The maximum atomic E-state index is 11.2. The van der Waals surface area contributed by atoms with Crippen LogP contribution in [0.5, 0.6) is 0 Å². The molecule has 0 heterocycles. The number of hydrogen-bond donors (Lipinski definition) is 2. The third kappa shape index (κ3) is 1.63. The van der Waals surface area contributed by atoms with Gasteiger partial charge in [-0.25, -0.2) is 4.79 Å². The molecule has 0 aromatic heterocycles. The standard InChI is InChI=1S/C8H7NO5/c1-14-6-3-4(8(11)12)2-5(9-13)7(6)10/h2-3,13H,1H3,(H,11,12). The van der Waals surface area contributed by atoms with E-state index in [2.05, 4.69) is 9.89 Å². The minimum Gasteiger partial charge on any atom is -0.493 e. The lowest BCUT2D eigenvalue weighted by Gasteiger charge is -2.09. The zero-order valence-corrected chi connectivity index (χ0v) is 7.22. The Morgan fingerprint density at radius 3 is 2.57 bits per heavy atom. The average molecular weight is 197 g/mol. The quantitative estimate of drug-likeness (QED) is 0.367. The minimum absolute atomic E-state index is 0.169. The molecule has 1 rings (SSSR count). The summed E-state index contributed by atoms with van der Waals surface area (Å²) in [4.78, 5) is 21.8. The number of methoxy groups -OCH3 is 1. The highest BCUT2D eigenvalue weighted by molar-refractivity contribution is 6.50. The van der Waals surface area contributed by atoms with Crippen molar-refractivity contribution >= 4 is 17.5 Å². The van der Waals surface area contributed by atoms with Crippen LogP contribution in [0.3, 0.4) is 0 Å². The molecule has 6 heteroatoms. The Morgan fingerprint density at radius 1 is 1.50 bits per heavy atom. The molecule has 0 saturated heterocycles. The van der Waals surface area contributed by atoms with Gasteiger partial charge in [0.15, 0.2) is 11.5 Å². The second-order valence-electron chi connectivity index (χ2n) is 2.43. The van der Waals surface area contributed by atoms with Crippen molar-refractivity contribution < 1.29 is 24.6 Å². The lowest BCUT2D eigenvalue weighted by molar-refractivity contribution is -0.132. The van der Waals surface area contributed by atoms with Crippen LogP contribution >= 0.6 is 0 Å². The van der Waals surface area contributed by atoms with Crippen molar-refractivity contribution in [3.63, 3.8) is 0 Å². The van der Waals surface area contributed by atoms with E-state index >= 15 is 0 Å². The molecule has 0 atom stereocenters. The van der Waals surface area contributed by atoms with Crippen LogP contribution in [0.1, 0.15) is 0 Å². The molecule has 0 unspecified atom stereocenters. The molecule has 0 aromatic carbocycles. The molecular formula is C8H7NO5. The number of allylic oxidation sites excluding steroid dienone is 2. The van der Waals surface area contributed by atoms with Crippen molar-refractivity contribution in [3.05, 3.63) is 23.5 Å². The van der Waals surface area contributed by atoms with Gasteiger partial charge in [-0.15, -0.1) is 0 Å². The maximum absolute atomic E-state index is 11.2. The van der Waals surface area contributed by atoms with Gasteiger partial charge in [0.05, 0.1) is 12.7 Å². The highest BCUT2D eigenvalue weighted by atomic mass is 16.5. The summed E-state index contributed by atoms with van der Waals surface area (Å²) in [5.41, 5.74) is -0.531. The highest BCUT2D eigenvalue weighted by Gasteiger charge is 2.24. The molecule has 0 radical (unpaired) electrons. The summed E-state index contributed by atoms with van der Waals surface area (Å²) in [7, 11) is 1.23. The van der Waals surface area contributed by atoms with E-state index in [4.69, 9.17) is 10.3 Å².